The van der Waals surface area contributed by atoms with E-state index in [1.165, 1.54) is 11.4 Å². The second-order valence-electron chi connectivity index (χ2n) is 6.41. The van der Waals surface area contributed by atoms with Crippen LogP contribution in [0.5, 0.6) is 0 Å². The van der Waals surface area contributed by atoms with Gasteiger partial charge in [-0.05, 0) is 30.8 Å². The van der Waals surface area contributed by atoms with Crippen molar-refractivity contribution in [1.29, 1.82) is 0 Å². The molecule has 0 N–H and O–H groups in total. The average Bonchev–Trinajstić information content (AvgIpc) is 3.13. The van der Waals surface area contributed by atoms with Crippen molar-refractivity contribution >= 4 is 29.5 Å². The molecule has 3 heterocycles. The molecule has 2 aliphatic rings. The molecule has 0 fully saturated rings. The molecule has 6 heteroatoms. The van der Waals surface area contributed by atoms with Gasteiger partial charge in [0.25, 0.3) is 0 Å². The molecule has 29 heavy (non-hydrogen) atoms. The fourth-order valence-corrected chi connectivity index (χ4v) is 3.13. The Bertz CT molecular complexity index is 963. The molecular formula is C23H20BIrN4. The molecule has 0 aliphatic carbocycles. The third-order valence-electron chi connectivity index (χ3n) is 4.49. The predicted octanol–water partition coefficient (Wildman–Crippen LogP) is 4.47. The Kier molecular flexibility index (Phi) is 7.28. The van der Waals surface area contributed by atoms with Gasteiger partial charge in [0.1, 0.15) is 6.85 Å². The Labute approximate surface area is 186 Å². The van der Waals surface area contributed by atoms with Crippen molar-refractivity contribution in [3.05, 3.63) is 115 Å². The third-order valence-corrected chi connectivity index (χ3v) is 4.49. The molecule has 3 aromatic rings. The van der Waals surface area contributed by atoms with Crippen molar-refractivity contribution in [3.63, 3.8) is 0 Å². The molecule has 2 aromatic carbocycles. The van der Waals surface area contributed by atoms with Crippen molar-refractivity contribution in [2.24, 2.45) is 0 Å². The van der Waals surface area contributed by atoms with Crippen LogP contribution in [-0.4, -0.2) is 18.9 Å². The van der Waals surface area contributed by atoms with E-state index in [0.717, 1.165) is 11.3 Å². The third kappa shape index (κ3) is 4.97. The zero-order valence-electron chi connectivity index (χ0n) is 16.0. The molecule has 4 nitrogen and oxygen atoms in total. The molecule has 0 spiro atoms. The van der Waals surface area contributed by atoms with Gasteiger partial charge < -0.3 is 15.0 Å². The molecule has 0 bridgehead atoms. The molecule has 1 aromatic heterocycles. The van der Waals surface area contributed by atoms with E-state index in [-0.39, 0.29) is 27.0 Å². The number of rotatable bonds is 2. The second kappa shape index (κ2) is 10.1. The van der Waals surface area contributed by atoms with Crippen LogP contribution in [0.15, 0.2) is 97.3 Å². The van der Waals surface area contributed by atoms with Crippen LogP contribution < -0.4 is 15.4 Å². The van der Waals surface area contributed by atoms with Gasteiger partial charge in [0.15, 0.2) is 0 Å². The first-order valence-corrected chi connectivity index (χ1v) is 9.20. The van der Waals surface area contributed by atoms with E-state index >= 15 is 0 Å². The van der Waals surface area contributed by atoms with Crippen LogP contribution in [-0.2, 0) is 20.1 Å². The molecular weight excluding hydrogens is 535 g/mol. The monoisotopic (exact) mass is 556 g/mol. The Hall–Kier alpha value is -2.82. The zero-order chi connectivity index (χ0) is 19.2. The van der Waals surface area contributed by atoms with E-state index in [1.807, 2.05) is 54.5 Å². The van der Waals surface area contributed by atoms with Gasteiger partial charge in [0.05, 0.1) is 0 Å². The Balaban J connectivity index is 0.000000167. The number of hydrogen-bond donors (Lipinski definition) is 0. The van der Waals surface area contributed by atoms with Crippen LogP contribution in [0, 0.1) is 12.7 Å². The van der Waals surface area contributed by atoms with Gasteiger partial charge in [-0.25, -0.2) is 0 Å². The number of hydrogen-bond acceptors (Lipinski definition) is 3. The molecule has 2 aliphatic heterocycles. The van der Waals surface area contributed by atoms with Crippen LogP contribution in [0.1, 0.15) is 0 Å². The summed E-state index contributed by atoms with van der Waals surface area (Å²) in [6, 6.07) is 25.5. The summed E-state index contributed by atoms with van der Waals surface area (Å²) < 4.78 is 0. The van der Waals surface area contributed by atoms with Crippen molar-refractivity contribution in [3.8, 4) is 0 Å². The first kappa shape index (κ1) is 20.9. The first-order valence-electron chi connectivity index (χ1n) is 9.20. The summed E-state index contributed by atoms with van der Waals surface area (Å²) in [7, 11) is 2.06. The maximum Gasteiger partial charge on any atom is 3.00 e. The average molecular weight is 555 g/mol. The Morgan fingerprint density at radius 1 is 0.966 bits per heavy atom. The van der Waals surface area contributed by atoms with Crippen LogP contribution >= 0.6 is 0 Å². The van der Waals surface area contributed by atoms with E-state index in [4.69, 9.17) is 0 Å². The number of benzene rings is 2. The van der Waals surface area contributed by atoms with Crippen LogP contribution in [0.4, 0.5) is 17.1 Å². The maximum atomic E-state index is 4.27. The van der Waals surface area contributed by atoms with E-state index in [0.29, 0.717) is 0 Å². The summed E-state index contributed by atoms with van der Waals surface area (Å²) in [4.78, 5) is 8.49. The minimum atomic E-state index is 0. The van der Waals surface area contributed by atoms with Crippen LogP contribution in [0.2, 0.25) is 0 Å². The van der Waals surface area contributed by atoms with Crippen molar-refractivity contribution < 1.29 is 20.1 Å². The van der Waals surface area contributed by atoms with Crippen molar-refractivity contribution in [2.45, 2.75) is 0 Å². The molecule has 0 saturated carbocycles. The molecule has 144 valence electrons. The first-order chi connectivity index (χ1) is 13.8. The smallest absolute Gasteiger partial charge is 0.704 e. The molecule has 0 unspecified atom stereocenters. The van der Waals surface area contributed by atoms with Gasteiger partial charge in [-0.2, -0.15) is 43.2 Å². The number of aromatic nitrogens is 1. The summed E-state index contributed by atoms with van der Waals surface area (Å²) >= 11 is 0. The van der Waals surface area contributed by atoms with Gasteiger partial charge in [-0.3, -0.25) is 4.98 Å². The standard InChI is InChI=1S/C14H12N2.C9H8BN2.Ir/c1-15-11-16(12-7-3-2-4-8-12)14-10-6-5-9-13(14)15;1-3-7-11-9(5-1)10-6-2-4-8-12-10;/h2-7,9-11H,1H3;1-8H;/q-2;-1;+3. The Morgan fingerprint density at radius 2 is 1.76 bits per heavy atom. The topological polar surface area (TPSA) is 33.5 Å². The van der Waals surface area contributed by atoms with E-state index in [9.17, 15) is 0 Å². The zero-order valence-corrected chi connectivity index (χ0v) is 18.4. The normalized spacial score (nSPS) is 13.8. The quantitative estimate of drug-likeness (QED) is 0.346. The summed E-state index contributed by atoms with van der Waals surface area (Å²) in [6.45, 7) is 2.19. The number of allylic oxidation sites excluding steroid dienone is 2. The van der Waals surface area contributed by atoms with E-state index in [1.54, 1.807) is 12.4 Å². The number of pyridine rings is 1. The maximum absolute atomic E-state index is 4.27. The number of nitrogens with zero attached hydrogens (tertiary/aromatic N) is 4. The van der Waals surface area contributed by atoms with E-state index < -0.39 is 0 Å². The van der Waals surface area contributed by atoms with Gasteiger partial charge in [-0.15, -0.1) is 11.7 Å². The minimum absolute atomic E-state index is 0. The molecule has 0 saturated heterocycles. The van der Waals surface area contributed by atoms with Gasteiger partial charge >= 0.3 is 20.1 Å². The SMILES string of the molecule is C1=C[N-]B(c2ccccn2)C=C1.CN1[CH-]N(c2[c-]cccc2)c2ccccc21.[Ir+3]. The van der Waals surface area contributed by atoms with Gasteiger partial charge in [-0.1, -0.05) is 36.4 Å². The summed E-state index contributed by atoms with van der Waals surface area (Å²) in [5.74, 6) is 2.03. The predicted molar refractivity (Wildman–Crippen MR) is 118 cm³/mol. The summed E-state index contributed by atoms with van der Waals surface area (Å²) in [6.07, 6.45) is 7.50. The summed E-state index contributed by atoms with van der Waals surface area (Å²) in [5, 5.41) is 4.27. The summed E-state index contributed by atoms with van der Waals surface area (Å²) in [5.41, 5.74) is 4.49. The largest absolute Gasteiger partial charge is 3.00 e. The van der Waals surface area contributed by atoms with Gasteiger partial charge in [0, 0.05) is 17.6 Å². The fraction of sp³-hybridized carbons (Fsp3) is 0.0435. The molecule has 0 amide bonds. The van der Waals surface area contributed by atoms with Gasteiger partial charge in [0.2, 0.25) is 0 Å². The fourth-order valence-electron chi connectivity index (χ4n) is 3.13. The second-order valence-corrected chi connectivity index (χ2v) is 6.41. The number of para-hydroxylation sites is 3. The minimum Gasteiger partial charge on any atom is -0.704 e. The van der Waals surface area contributed by atoms with Crippen LogP contribution in [0.3, 0.4) is 0 Å². The molecule has 0 radical (unpaired) electrons. The molecule has 0 atom stereocenters. The Morgan fingerprint density at radius 3 is 2.45 bits per heavy atom. The van der Waals surface area contributed by atoms with Crippen molar-refractivity contribution in [2.75, 3.05) is 16.8 Å². The number of fused-ring (bicyclic) bond motifs is 1. The van der Waals surface area contributed by atoms with Crippen LogP contribution in [0.25, 0.3) is 5.23 Å². The van der Waals surface area contributed by atoms with E-state index in [2.05, 4.69) is 70.1 Å². The van der Waals surface area contributed by atoms with Crippen molar-refractivity contribution in [1.82, 2.24) is 4.98 Å². The number of anilines is 3. The molecule has 5 rings (SSSR count).